The number of ether oxygens (including phenoxy) is 2. The third-order valence-corrected chi connectivity index (χ3v) is 3.72. The Hall–Kier alpha value is -3.22. The van der Waals surface area contributed by atoms with Crippen molar-refractivity contribution in [2.75, 3.05) is 7.11 Å². The minimum atomic E-state index is -0.665. The van der Waals surface area contributed by atoms with Crippen LogP contribution in [0, 0.1) is 12.7 Å². The van der Waals surface area contributed by atoms with Crippen LogP contribution in [0.4, 0.5) is 4.39 Å². The first-order chi connectivity index (χ1) is 12.1. The zero-order valence-corrected chi connectivity index (χ0v) is 13.8. The van der Waals surface area contributed by atoms with E-state index in [0.717, 1.165) is 0 Å². The topological polar surface area (TPSA) is 66.2 Å². The van der Waals surface area contributed by atoms with Gasteiger partial charge in [0.25, 0.3) is 0 Å². The number of benzene rings is 2. The minimum Gasteiger partial charge on any atom is -0.494 e. The van der Waals surface area contributed by atoms with E-state index in [9.17, 15) is 9.18 Å². The average molecular weight is 341 g/mol. The summed E-state index contributed by atoms with van der Waals surface area (Å²) in [5, 5.41) is 7.89. The summed E-state index contributed by atoms with van der Waals surface area (Å²) in [7, 11) is 1.55. The van der Waals surface area contributed by atoms with Crippen LogP contribution in [-0.4, -0.2) is 28.1 Å². The van der Waals surface area contributed by atoms with E-state index in [2.05, 4.69) is 10.3 Å². The molecule has 1 aromatic heterocycles. The molecule has 0 radical (unpaired) electrons. The molecule has 0 spiro atoms. The van der Waals surface area contributed by atoms with Crippen molar-refractivity contribution in [2.24, 2.45) is 0 Å². The van der Waals surface area contributed by atoms with Crippen molar-refractivity contribution < 1.29 is 18.7 Å². The molecule has 6 nitrogen and oxygen atoms in total. The Kier molecular flexibility index (Phi) is 4.74. The largest absolute Gasteiger partial charge is 0.494 e. The number of nitrogens with zero attached hydrogens (tertiary/aromatic N) is 3. The maximum atomic E-state index is 13.6. The fourth-order valence-corrected chi connectivity index (χ4v) is 2.38. The fraction of sp³-hybridized carbons (Fsp3) is 0.167. The summed E-state index contributed by atoms with van der Waals surface area (Å²) in [6.07, 6.45) is 0. The summed E-state index contributed by atoms with van der Waals surface area (Å²) in [4.78, 5) is 12.3. The molecule has 0 bridgehead atoms. The summed E-state index contributed by atoms with van der Waals surface area (Å²) in [6.45, 7) is 1.53. The number of hydrogen-bond acceptors (Lipinski definition) is 5. The van der Waals surface area contributed by atoms with E-state index in [0.29, 0.717) is 22.7 Å². The summed E-state index contributed by atoms with van der Waals surface area (Å²) < 4.78 is 25.5. The Balaban J connectivity index is 1.81. The smallest absolute Gasteiger partial charge is 0.361 e. The Morgan fingerprint density at radius 2 is 1.88 bits per heavy atom. The molecule has 128 valence electrons. The van der Waals surface area contributed by atoms with Crippen LogP contribution in [0.15, 0.2) is 48.5 Å². The first-order valence-corrected chi connectivity index (χ1v) is 7.58. The number of hydrogen-bond donors (Lipinski definition) is 0. The molecule has 0 aliphatic rings. The number of rotatable bonds is 5. The van der Waals surface area contributed by atoms with E-state index in [1.54, 1.807) is 44.4 Å². The summed E-state index contributed by atoms with van der Waals surface area (Å²) >= 11 is 0. The highest BCUT2D eigenvalue weighted by atomic mass is 19.1. The molecule has 0 aliphatic carbocycles. The van der Waals surface area contributed by atoms with Crippen molar-refractivity contribution in [2.45, 2.75) is 13.5 Å². The van der Waals surface area contributed by atoms with Crippen LogP contribution in [0.25, 0.3) is 5.69 Å². The average Bonchev–Trinajstić information content (AvgIpc) is 3.02. The zero-order chi connectivity index (χ0) is 17.8. The van der Waals surface area contributed by atoms with Gasteiger partial charge in [-0.15, -0.1) is 5.10 Å². The summed E-state index contributed by atoms with van der Waals surface area (Å²) in [5.74, 6) is -0.492. The molecule has 0 amide bonds. The first-order valence-electron chi connectivity index (χ1n) is 7.58. The molecule has 0 N–H and O–H groups in total. The second-order valence-corrected chi connectivity index (χ2v) is 5.27. The monoisotopic (exact) mass is 341 g/mol. The third-order valence-electron chi connectivity index (χ3n) is 3.72. The SMILES string of the molecule is COc1ccccc1-n1nnc(C(=O)OCc2ccccc2F)c1C. The van der Waals surface area contributed by atoms with Crippen molar-refractivity contribution in [3.8, 4) is 11.4 Å². The number of halogens is 1. The highest BCUT2D eigenvalue weighted by Crippen LogP contribution is 2.23. The van der Waals surface area contributed by atoms with E-state index in [1.807, 2.05) is 12.1 Å². The van der Waals surface area contributed by atoms with E-state index in [4.69, 9.17) is 9.47 Å². The van der Waals surface area contributed by atoms with Gasteiger partial charge < -0.3 is 9.47 Å². The van der Waals surface area contributed by atoms with Crippen LogP contribution < -0.4 is 4.74 Å². The lowest BCUT2D eigenvalue weighted by Gasteiger charge is -2.09. The van der Waals surface area contributed by atoms with E-state index in [1.165, 1.54) is 10.7 Å². The van der Waals surface area contributed by atoms with Gasteiger partial charge in [-0.3, -0.25) is 0 Å². The molecule has 0 fully saturated rings. The molecule has 0 saturated carbocycles. The molecule has 0 atom stereocenters. The standard InChI is InChI=1S/C18H16FN3O3/c1-12-17(18(23)25-11-13-7-3-4-8-14(13)19)20-21-22(12)15-9-5-6-10-16(15)24-2/h3-10H,11H2,1-2H3. The molecule has 0 aliphatic heterocycles. The quantitative estimate of drug-likeness (QED) is 0.667. The van der Waals surface area contributed by atoms with Gasteiger partial charge in [0.2, 0.25) is 0 Å². The van der Waals surface area contributed by atoms with E-state index >= 15 is 0 Å². The van der Waals surface area contributed by atoms with Gasteiger partial charge >= 0.3 is 5.97 Å². The Morgan fingerprint density at radius 1 is 1.16 bits per heavy atom. The molecular formula is C18H16FN3O3. The van der Waals surface area contributed by atoms with E-state index in [-0.39, 0.29) is 12.3 Å². The normalized spacial score (nSPS) is 10.5. The van der Waals surface area contributed by atoms with Gasteiger partial charge in [-0.1, -0.05) is 35.5 Å². The number of methoxy groups -OCH3 is 1. The van der Waals surface area contributed by atoms with Crippen LogP contribution in [0.3, 0.4) is 0 Å². The zero-order valence-electron chi connectivity index (χ0n) is 13.8. The highest BCUT2D eigenvalue weighted by Gasteiger charge is 2.20. The molecule has 0 saturated heterocycles. The van der Waals surface area contributed by atoms with Gasteiger partial charge in [-0.05, 0) is 25.1 Å². The second-order valence-electron chi connectivity index (χ2n) is 5.27. The van der Waals surface area contributed by atoms with Crippen LogP contribution in [-0.2, 0) is 11.3 Å². The highest BCUT2D eigenvalue weighted by molar-refractivity contribution is 5.88. The number of carbonyl (C=O) groups excluding carboxylic acids is 1. The lowest BCUT2D eigenvalue weighted by Crippen LogP contribution is -2.09. The number of para-hydroxylation sites is 2. The number of aromatic nitrogens is 3. The van der Waals surface area contributed by atoms with Crippen molar-refractivity contribution >= 4 is 5.97 Å². The molecule has 0 unspecified atom stereocenters. The van der Waals surface area contributed by atoms with E-state index < -0.39 is 11.8 Å². The maximum Gasteiger partial charge on any atom is 0.361 e. The minimum absolute atomic E-state index is 0.0715. The van der Waals surface area contributed by atoms with Crippen LogP contribution >= 0.6 is 0 Å². The summed E-state index contributed by atoms with van der Waals surface area (Å²) in [6, 6.07) is 13.4. The maximum absolute atomic E-state index is 13.6. The third kappa shape index (κ3) is 3.35. The van der Waals surface area contributed by atoms with Crippen molar-refractivity contribution in [1.82, 2.24) is 15.0 Å². The molecular weight excluding hydrogens is 325 g/mol. The van der Waals surface area contributed by atoms with Crippen molar-refractivity contribution in [1.29, 1.82) is 0 Å². The molecule has 2 aromatic carbocycles. The van der Waals surface area contributed by atoms with Gasteiger partial charge in [0.1, 0.15) is 23.9 Å². The Labute approximate surface area is 143 Å². The van der Waals surface area contributed by atoms with Gasteiger partial charge in [0.15, 0.2) is 5.69 Å². The summed E-state index contributed by atoms with van der Waals surface area (Å²) in [5.41, 5.74) is 1.53. The van der Waals surface area contributed by atoms with Crippen LogP contribution in [0.1, 0.15) is 21.7 Å². The number of esters is 1. The van der Waals surface area contributed by atoms with Gasteiger partial charge in [-0.2, -0.15) is 0 Å². The predicted molar refractivity (Wildman–Crippen MR) is 88.2 cm³/mol. The lowest BCUT2D eigenvalue weighted by molar-refractivity contribution is 0.0461. The predicted octanol–water partition coefficient (Wildman–Crippen LogP) is 3.08. The van der Waals surface area contributed by atoms with Gasteiger partial charge in [-0.25, -0.2) is 13.9 Å². The molecule has 3 aromatic rings. The van der Waals surface area contributed by atoms with Gasteiger partial charge in [0.05, 0.1) is 12.8 Å². The number of carbonyl (C=O) groups is 1. The Bertz CT molecular complexity index is 908. The molecule has 1 heterocycles. The molecule has 3 rings (SSSR count). The van der Waals surface area contributed by atoms with Crippen molar-refractivity contribution in [3.63, 3.8) is 0 Å². The molecule has 7 heteroatoms. The van der Waals surface area contributed by atoms with Gasteiger partial charge in [0, 0.05) is 5.56 Å². The van der Waals surface area contributed by atoms with Crippen LogP contribution in [0.5, 0.6) is 5.75 Å². The van der Waals surface area contributed by atoms with Crippen LogP contribution in [0.2, 0.25) is 0 Å². The van der Waals surface area contributed by atoms with Crippen molar-refractivity contribution in [3.05, 3.63) is 71.3 Å². The lowest BCUT2D eigenvalue weighted by atomic mass is 10.2. The molecule has 25 heavy (non-hydrogen) atoms. The first kappa shape index (κ1) is 16.6. The Morgan fingerprint density at radius 3 is 2.64 bits per heavy atom. The second kappa shape index (κ2) is 7.12. The fourth-order valence-electron chi connectivity index (χ4n) is 2.38.